The van der Waals surface area contributed by atoms with Crippen molar-refractivity contribution in [3.63, 3.8) is 0 Å². The second-order valence-electron chi connectivity index (χ2n) is 5.57. The molecule has 0 aromatic carbocycles. The molecule has 0 aliphatic carbocycles. The van der Waals surface area contributed by atoms with Crippen molar-refractivity contribution in [2.45, 2.75) is 12.8 Å². The highest BCUT2D eigenvalue weighted by atomic mass is 35.5. The van der Waals surface area contributed by atoms with E-state index in [1.54, 1.807) is 6.07 Å². The van der Waals surface area contributed by atoms with Crippen molar-refractivity contribution in [1.29, 1.82) is 0 Å². The molecule has 6 heteroatoms. The average molecular weight is 317 g/mol. The zero-order valence-electron chi connectivity index (χ0n) is 12.3. The summed E-state index contributed by atoms with van der Waals surface area (Å²) in [5.74, 6) is 2.28. The Bertz CT molecular complexity index is 457. The van der Waals surface area contributed by atoms with Crippen LogP contribution >= 0.6 is 23.2 Å². The van der Waals surface area contributed by atoms with Gasteiger partial charge in [0.05, 0.1) is 10.0 Å². The number of pyridine rings is 1. The van der Waals surface area contributed by atoms with Gasteiger partial charge >= 0.3 is 0 Å². The Hall–Kier alpha value is -0.710. The van der Waals surface area contributed by atoms with E-state index < -0.39 is 0 Å². The summed E-state index contributed by atoms with van der Waals surface area (Å²) in [5, 5.41) is 4.19. The molecule has 1 aliphatic heterocycles. The van der Waals surface area contributed by atoms with E-state index in [1.165, 1.54) is 12.8 Å². The standard InChI is InChI=1S/C14H22Cl2N4/c1-17-13-11(15)8-12(16)14(18-13)20-6-4-10(5-7-20)9-19(2)3/h8,10H,4-7,9H2,1-3H3,(H,17,18). The molecule has 112 valence electrons. The van der Waals surface area contributed by atoms with Crippen LogP contribution in [-0.4, -0.2) is 50.7 Å². The molecule has 4 nitrogen and oxygen atoms in total. The monoisotopic (exact) mass is 316 g/mol. The molecular formula is C14H22Cl2N4. The third kappa shape index (κ3) is 3.68. The lowest BCUT2D eigenvalue weighted by molar-refractivity contribution is 0.284. The minimum atomic E-state index is 0.559. The van der Waals surface area contributed by atoms with Crippen molar-refractivity contribution < 1.29 is 0 Å². The summed E-state index contributed by atoms with van der Waals surface area (Å²) >= 11 is 12.4. The van der Waals surface area contributed by atoms with Crippen LogP contribution in [0.25, 0.3) is 0 Å². The third-order valence-corrected chi connectivity index (χ3v) is 4.25. The Morgan fingerprint density at radius 1 is 1.30 bits per heavy atom. The number of anilines is 2. The van der Waals surface area contributed by atoms with E-state index >= 15 is 0 Å². The van der Waals surface area contributed by atoms with E-state index in [0.29, 0.717) is 15.9 Å². The van der Waals surface area contributed by atoms with Gasteiger partial charge in [-0.2, -0.15) is 0 Å². The lowest BCUT2D eigenvalue weighted by Crippen LogP contribution is -2.37. The van der Waals surface area contributed by atoms with Gasteiger partial charge < -0.3 is 15.1 Å². The van der Waals surface area contributed by atoms with Gasteiger partial charge in [0.1, 0.15) is 11.6 Å². The minimum Gasteiger partial charge on any atom is -0.372 e. The Morgan fingerprint density at radius 3 is 2.50 bits per heavy atom. The van der Waals surface area contributed by atoms with Crippen molar-refractivity contribution >= 4 is 34.8 Å². The second kappa shape index (κ2) is 6.83. The van der Waals surface area contributed by atoms with Gasteiger partial charge in [-0.15, -0.1) is 0 Å². The molecule has 0 radical (unpaired) electrons. The van der Waals surface area contributed by atoms with Crippen LogP contribution in [0.4, 0.5) is 11.6 Å². The van der Waals surface area contributed by atoms with E-state index in [-0.39, 0.29) is 0 Å². The molecule has 0 atom stereocenters. The summed E-state index contributed by atoms with van der Waals surface area (Å²) in [6.45, 7) is 3.14. The van der Waals surface area contributed by atoms with E-state index in [1.807, 2.05) is 7.05 Å². The molecular weight excluding hydrogens is 295 g/mol. The van der Waals surface area contributed by atoms with Gasteiger partial charge in [-0.05, 0) is 38.9 Å². The topological polar surface area (TPSA) is 31.4 Å². The maximum atomic E-state index is 6.29. The largest absolute Gasteiger partial charge is 0.372 e. The summed E-state index contributed by atoms with van der Waals surface area (Å²) in [7, 11) is 6.07. The quantitative estimate of drug-likeness (QED) is 0.924. The van der Waals surface area contributed by atoms with Crippen molar-refractivity contribution in [3.8, 4) is 0 Å². The molecule has 0 unspecified atom stereocenters. The van der Waals surface area contributed by atoms with Gasteiger partial charge in [0, 0.05) is 26.7 Å². The lowest BCUT2D eigenvalue weighted by atomic mass is 9.96. The number of piperidine rings is 1. The maximum absolute atomic E-state index is 6.29. The van der Waals surface area contributed by atoms with Crippen LogP contribution in [0.5, 0.6) is 0 Å². The highest BCUT2D eigenvalue weighted by Crippen LogP contribution is 2.33. The summed E-state index contributed by atoms with van der Waals surface area (Å²) in [6.07, 6.45) is 2.35. The van der Waals surface area contributed by atoms with E-state index in [2.05, 4.69) is 34.2 Å². The van der Waals surface area contributed by atoms with Crippen molar-refractivity contribution in [2.75, 3.05) is 51.0 Å². The Labute approximate surface area is 131 Å². The fourth-order valence-corrected chi connectivity index (χ4v) is 3.27. The van der Waals surface area contributed by atoms with Crippen molar-refractivity contribution in [2.24, 2.45) is 5.92 Å². The number of aromatic nitrogens is 1. The van der Waals surface area contributed by atoms with Crippen molar-refractivity contribution in [1.82, 2.24) is 9.88 Å². The maximum Gasteiger partial charge on any atom is 0.149 e. The predicted octanol–water partition coefficient (Wildman–Crippen LogP) is 3.21. The number of nitrogens with one attached hydrogen (secondary N) is 1. The third-order valence-electron chi connectivity index (χ3n) is 3.69. The normalized spacial score (nSPS) is 16.8. The Morgan fingerprint density at radius 2 is 1.95 bits per heavy atom. The molecule has 0 spiro atoms. The molecule has 1 aromatic heterocycles. The second-order valence-corrected chi connectivity index (χ2v) is 6.38. The fraction of sp³-hybridized carbons (Fsp3) is 0.643. The van der Waals surface area contributed by atoms with E-state index in [9.17, 15) is 0 Å². The average Bonchev–Trinajstić information content (AvgIpc) is 2.39. The molecule has 1 aliphatic rings. The Kier molecular flexibility index (Phi) is 5.35. The first kappa shape index (κ1) is 15.7. The first-order valence-electron chi connectivity index (χ1n) is 6.94. The van der Waals surface area contributed by atoms with Crippen LogP contribution in [0.1, 0.15) is 12.8 Å². The predicted molar refractivity (Wildman–Crippen MR) is 87.3 cm³/mol. The SMILES string of the molecule is CNc1nc(N2CCC(CN(C)C)CC2)c(Cl)cc1Cl. The van der Waals surface area contributed by atoms with Gasteiger partial charge in [0.15, 0.2) is 0 Å². The lowest BCUT2D eigenvalue weighted by Gasteiger charge is -2.34. The number of halogens is 2. The van der Waals surface area contributed by atoms with Crippen LogP contribution in [0.2, 0.25) is 10.0 Å². The highest BCUT2D eigenvalue weighted by molar-refractivity contribution is 6.37. The number of hydrogen-bond donors (Lipinski definition) is 1. The van der Waals surface area contributed by atoms with Crippen LogP contribution in [0.3, 0.4) is 0 Å². The molecule has 0 saturated carbocycles. The molecule has 1 aromatic rings. The molecule has 1 fully saturated rings. The molecule has 0 bridgehead atoms. The Balaban J connectivity index is 2.07. The first-order chi connectivity index (χ1) is 9.51. The zero-order valence-corrected chi connectivity index (χ0v) is 13.8. The fourth-order valence-electron chi connectivity index (χ4n) is 2.70. The molecule has 1 saturated heterocycles. The molecule has 0 amide bonds. The van der Waals surface area contributed by atoms with Gasteiger partial charge in [0.2, 0.25) is 0 Å². The van der Waals surface area contributed by atoms with Gasteiger partial charge in [-0.3, -0.25) is 0 Å². The van der Waals surface area contributed by atoms with E-state index in [4.69, 9.17) is 23.2 Å². The number of hydrogen-bond acceptors (Lipinski definition) is 4. The van der Waals surface area contributed by atoms with E-state index in [0.717, 1.165) is 31.4 Å². The molecule has 1 N–H and O–H groups in total. The number of nitrogens with zero attached hydrogens (tertiary/aromatic N) is 3. The summed E-state index contributed by atoms with van der Waals surface area (Å²) in [6, 6.07) is 1.77. The summed E-state index contributed by atoms with van der Waals surface area (Å²) in [4.78, 5) is 9.05. The summed E-state index contributed by atoms with van der Waals surface area (Å²) in [5.41, 5.74) is 0. The van der Waals surface area contributed by atoms with Gasteiger partial charge in [0.25, 0.3) is 0 Å². The highest BCUT2D eigenvalue weighted by Gasteiger charge is 2.23. The molecule has 2 rings (SSSR count). The molecule has 20 heavy (non-hydrogen) atoms. The van der Waals surface area contributed by atoms with Crippen LogP contribution in [-0.2, 0) is 0 Å². The van der Waals surface area contributed by atoms with Crippen LogP contribution in [0, 0.1) is 5.92 Å². The van der Waals surface area contributed by atoms with Gasteiger partial charge in [-0.25, -0.2) is 4.98 Å². The smallest absolute Gasteiger partial charge is 0.149 e. The molecule has 2 heterocycles. The number of rotatable bonds is 4. The van der Waals surface area contributed by atoms with Crippen LogP contribution in [0.15, 0.2) is 6.07 Å². The summed E-state index contributed by atoms with van der Waals surface area (Å²) < 4.78 is 0. The minimum absolute atomic E-state index is 0.559. The van der Waals surface area contributed by atoms with Gasteiger partial charge in [-0.1, -0.05) is 23.2 Å². The van der Waals surface area contributed by atoms with Crippen LogP contribution < -0.4 is 10.2 Å². The first-order valence-corrected chi connectivity index (χ1v) is 7.70. The zero-order chi connectivity index (χ0) is 14.7. The van der Waals surface area contributed by atoms with Crippen molar-refractivity contribution in [3.05, 3.63) is 16.1 Å².